The molecular formula is C12H19N3O4. The standard InChI is InChI=1S/C12H19N3O4/c1-4-7-10(12(16)17)14-9(6-3)11(15(18)19)8(5-2)13-14/h10H,4-7H2,1-3H3,(H,16,17). The second-order valence-corrected chi connectivity index (χ2v) is 4.29. The van der Waals surface area contributed by atoms with Crippen LogP contribution in [0, 0.1) is 10.1 Å². The number of carboxylic acid groups (broad SMARTS) is 1. The Morgan fingerprint density at radius 2 is 2.05 bits per heavy atom. The van der Waals surface area contributed by atoms with Gasteiger partial charge in [0.15, 0.2) is 0 Å². The second kappa shape index (κ2) is 6.31. The van der Waals surface area contributed by atoms with E-state index in [9.17, 15) is 20.0 Å². The van der Waals surface area contributed by atoms with Crippen molar-refractivity contribution in [1.82, 2.24) is 9.78 Å². The first kappa shape index (κ1) is 15.1. The molecule has 1 aromatic rings. The molecule has 0 saturated carbocycles. The third-order valence-corrected chi connectivity index (χ3v) is 3.05. The van der Waals surface area contributed by atoms with Crippen molar-refractivity contribution in [3.05, 3.63) is 21.5 Å². The van der Waals surface area contributed by atoms with Crippen LogP contribution in [0.3, 0.4) is 0 Å². The highest BCUT2D eigenvalue weighted by molar-refractivity contribution is 5.72. The first-order chi connectivity index (χ1) is 8.97. The molecule has 0 saturated heterocycles. The lowest BCUT2D eigenvalue weighted by Crippen LogP contribution is -2.22. The van der Waals surface area contributed by atoms with E-state index < -0.39 is 16.9 Å². The molecule has 106 valence electrons. The van der Waals surface area contributed by atoms with E-state index in [1.165, 1.54) is 4.68 Å². The zero-order chi connectivity index (χ0) is 14.6. The topological polar surface area (TPSA) is 98.3 Å². The molecule has 0 radical (unpaired) electrons. The van der Waals surface area contributed by atoms with Crippen LogP contribution < -0.4 is 0 Å². The first-order valence-electron chi connectivity index (χ1n) is 6.45. The Morgan fingerprint density at radius 3 is 2.42 bits per heavy atom. The molecule has 0 amide bonds. The molecule has 7 nitrogen and oxygen atoms in total. The summed E-state index contributed by atoms with van der Waals surface area (Å²) in [6, 6.07) is -0.834. The molecule has 0 aromatic carbocycles. The van der Waals surface area contributed by atoms with Crippen molar-refractivity contribution in [2.24, 2.45) is 0 Å². The third-order valence-electron chi connectivity index (χ3n) is 3.05. The van der Waals surface area contributed by atoms with Gasteiger partial charge in [0.1, 0.15) is 17.4 Å². The van der Waals surface area contributed by atoms with Crippen molar-refractivity contribution in [1.29, 1.82) is 0 Å². The van der Waals surface area contributed by atoms with Crippen molar-refractivity contribution >= 4 is 11.7 Å². The fraction of sp³-hybridized carbons (Fsp3) is 0.667. The molecule has 1 aromatic heterocycles. The second-order valence-electron chi connectivity index (χ2n) is 4.29. The highest BCUT2D eigenvalue weighted by atomic mass is 16.6. The van der Waals surface area contributed by atoms with Crippen LogP contribution in [0.25, 0.3) is 0 Å². The van der Waals surface area contributed by atoms with E-state index in [1.54, 1.807) is 13.8 Å². The van der Waals surface area contributed by atoms with Gasteiger partial charge in [-0.3, -0.25) is 10.1 Å². The summed E-state index contributed by atoms with van der Waals surface area (Å²) in [6.45, 7) is 5.42. The number of hydrogen-bond acceptors (Lipinski definition) is 4. The molecule has 1 heterocycles. The van der Waals surface area contributed by atoms with Gasteiger partial charge in [0.05, 0.1) is 4.92 Å². The summed E-state index contributed by atoms with van der Waals surface area (Å²) in [6.07, 6.45) is 1.88. The summed E-state index contributed by atoms with van der Waals surface area (Å²) in [7, 11) is 0. The van der Waals surface area contributed by atoms with E-state index in [-0.39, 0.29) is 5.69 Å². The SMILES string of the molecule is CCCC(C(=O)O)n1nc(CC)c([N+](=O)[O-])c1CC. The van der Waals surface area contributed by atoms with Gasteiger partial charge in [-0.1, -0.05) is 27.2 Å². The molecule has 1 rings (SSSR count). The van der Waals surface area contributed by atoms with Gasteiger partial charge < -0.3 is 5.11 Å². The van der Waals surface area contributed by atoms with Gasteiger partial charge in [0, 0.05) is 0 Å². The average Bonchev–Trinajstić information content (AvgIpc) is 2.73. The lowest BCUT2D eigenvalue weighted by Gasteiger charge is -2.14. The lowest BCUT2D eigenvalue weighted by atomic mass is 10.1. The maximum absolute atomic E-state index is 11.3. The van der Waals surface area contributed by atoms with Crippen LogP contribution in [-0.2, 0) is 17.6 Å². The zero-order valence-corrected chi connectivity index (χ0v) is 11.4. The highest BCUT2D eigenvalue weighted by Crippen LogP contribution is 2.28. The Balaban J connectivity index is 3.41. The summed E-state index contributed by atoms with van der Waals surface area (Å²) in [5, 5.41) is 24.5. The Kier molecular flexibility index (Phi) is 5.02. The van der Waals surface area contributed by atoms with Crippen molar-refractivity contribution in [2.45, 2.75) is 52.5 Å². The quantitative estimate of drug-likeness (QED) is 0.605. The minimum absolute atomic E-state index is 0.0349. The molecule has 1 N–H and O–H groups in total. The Morgan fingerprint density at radius 1 is 1.42 bits per heavy atom. The summed E-state index contributed by atoms with van der Waals surface area (Å²) in [5.41, 5.74) is 0.708. The van der Waals surface area contributed by atoms with Crippen molar-refractivity contribution in [2.75, 3.05) is 0 Å². The Bertz CT molecular complexity index is 482. The Labute approximate surface area is 111 Å². The van der Waals surface area contributed by atoms with E-state index in [4.69, 9.17) is 0 Å². The lowest BCUT2D eigenvalue weighted by molar-refractivity contribution is -0.386. The highest BCUT2D eigenvalue weighted by Gasteiger charge is 2.31. The number of nitrogens with zero attached hydrogens (tertiary/aromatic N) is 3. The summed E-state index contributed by atoms with van der Waals surface area (Å²) >= 11 is 0. The molecule has 1 atom stereocenters. The summed E-state index contributed by atoms with van der Waals surface area (Å²) < 4.78 is 1.32. The molecule has 0 aliphatic heterocycles. The number of nitro groups is 1. The number of carbonyl (C=O) groups is 1. The predicted octanol–water partition coefficient (Wildman–Crippen LogP) is 2.34. The van der Waals surface area contributed by atoms with Crippen molar-refractivity contribution < 1.29 is 14.8 Å². The predicted molar refractivity (Wildman–Crippen MR) is 69.2 cm³/mol. The molecule has 0 aliphatic rings. The number of hydrogen-bond donors (Lipinski definition) is 1. The van der Waals surface area contributed by atoms with Gasteiger partial charge in [0.2, 0.25) is 0 Å². The van der Waals surface area contributed by atoms with Crippen LogP contribution in [0.4, 0.5) is 5.69 Å². The summed E-state index contributed by atoms with van der Waals surface area (Å²) in [4.78, 5) is 22.0. The van der Waals surface area contributed by atoms with Crippen LogP contribution in [0.15, 0.2) is 0 Å². The average molecular weight is 269 g/mol. The van der Waals surface area contributed by atoms with Crippen LogP contribution in [0.2, 0.25) is 0 Å². The van der Waals surface area contributed by atoms with Gasteiger partial charge >= 0.3 is 11.7 Å². The number of aliphatic carboxylic acids is 1. The van der Waals surface area contributed by atoms with E-state index >= 15 is 0 Å². The normalized spacial score (nSPS) is 12.4. The summed E-state index contributed by atoms with van der Waals surface area (Å²) in [5.74, 6) is -1.00. The zero-order valence-electron chi connectivity index (χ0n) is 11.4. The van der Waals surface area contributed by atoms with Crippen LogP contribution in [0.5, 0.6) is 0 Å². The van der Waals surface area contributed by atoms with E-state index in [2.05, 4.69) is 5.10 Å². The fourth-order valence-electron chi connectivity index (χ4n) is 2.17. The van der Waals surface area contributed by atoms with Gasteiger partial charge in [-0.25, -0.2) is 9.48 Å². The van der Waals surface area contributed by atoms with Gasteiger partial charge in [-0.05, 0) is 19.3 Å². The van der Waals surface area contributed by atoms with Crippen LogP contribution >= 0.6 is 0 Å². The van der Waals surface area contributed by atoms with Gasteiger partial charge in [0.25, 0.3) is 0 Å². The fourth-order valence-corrected chi connectivity index (χ4v) is 2.17. The molecule has 19 heavy (non-hydrogen) atoms. The largest absolute Gasteiger partial charge is 0.480 e. The van der Waals surface area contributed by atoms with Gasteiger partial charge in [-0.2, -0.15) is 5.10 Å². The van der Waals surface area contributed by atoms with E-state index in [1.807, 2.05) is 6.92 Å². The molecule has 1 unspecified atom stereocenters. The maximum atomic E-state index is 11.3. The van der Waals surface area contributed by atoms with Gasteiger partial charge in [-0.15, -0.1) is 0 Å². The molecule has 0 aliphatic carbocycles. The molecular weight excluding hydrogens is 250 g/mol. The van der Waals surface area contributed by atoms with E-state index in [0.29, 0.717) is 37.1 Å². The number of carboxylic acids is 1. The number of aromatic nitrogens is 2. The molecule has 0 bridgehead atoms. The minimum atomic E-state index is -1.00. The monoisotopic (exact) mass is 269 g/mol. The van der Waals surface area contributed by atoms with E-state index in [0.717, 1.165) is 0 Å². The first-order valence-corrected chi connectivity index (χ1v) is 6.45. The molecule has 0 spiro atoms. The number of aryl methyl sites for hydroxylation is 1. The maximum Gasteiger partial charge on any atom is 0.328 e. The van der Waals surface area contributed by atoms with Crippen LogP contribution in [0.1, 0.15) is 51.0 Å². The minimum Gasteiger partial charge on any atom is -0.480 e. The number of rotatable bonds is 7. The smallest absolute Gasteiger partial charge is 0.328 e. The van der Waals surface area contributed by atoms with Crippen molar-refractivity contribution in [3.8, 4) is 0 Å². The molecule has 0 fully saturated rings. The van der Waals surface area contributed by atoms with Crippen molar-refractivity contribution in [3.63, 3.8) is 0 Å². The van der Waals surface area contributed by atoms with Crippen LogP contribution in [-0.4, -0.2) is 25.8 Å². The Hall–Kier alpha value is -1.92. The molecule has 7 heteroatoms. The third kappa shape index (κ3) is 2.91.